The van der Waals surface area contributed by atoms with Gasteiger partial charge in [-0.05, 0) is 43.4 Å². The summed E-state index contributed by atoms with van der Waals surface area (Å²) in [5.74, 6) is 1.53. The molecule has 0 amide bonds. The molecule has 2 unspecified atom stereocenters. The molecule has 1 fully saturated rings. The van der Waals surface area contributed by atoms with Crippen LogP contribution in [0.15, 0.2) is 18.2 Å². The zero-order valence-electron chi connectivity index (χ0n) is 11.1. The third kappa shape index (κ3) is 3.91. The summed E-state index contributed by atoms with van der Waals surface area (Å²) in [5, 5.41) is 14.7. The largest absolute Gasteiger partial charge is 0.312 e. The van der Waals surface area contributed by atoms with Crippen LogP contribution >= 0.6 is 11.6 Å². The monoisotopic (exact) mass is 282 g/mol. The molecular formula is C14H19ClN2O2. The average molecular weight is 283 g/mol. The molecule has 1 aliphatic rings. The predicted molar refractivity (Wildman–Crippen MR) is 76.3 cm³/mol. The lowest BCUT2D eigenvalue weighted by atomic mass is 10.1. The van der Waals surface area contributed by atoms with Crippen LogP contribution in [0.4, 0.5) is 5.69 Å². The standard InChI is InChI=1S/C14H19ClN2O2/c1-10-2-3-11(6-10)8-16-9-12-4-5-13(15)7-14(12)17(18)19/h4-5,7,10-11,16H,2-3,6,8-9H2,1H3. The number of nitrogens with zero attached hydrogens (tertiary/aromatic N) is 1. The van der Waals surface area contributed by atoms with Gasteiger partial charge in [-0.25, -0.2) is 0 Å². The van der Waals surface area contributed by atoms with Gasteiger partial charge in [0.05, 0.1) is 4.92 Å². The Morgan fingerprint density at radius 3 is 2.89 bits per heavy atom. The maximum Gasteiger partial charge on any atom is 0.275 e. The number of nitro benzene ring substituents is 1. The lowest BCUT2D eigenvalue weighted by Gasteiger charge is -2.11. The van der Waals surface area contributed by atoms with Gasteiger partial charge in [0.1, 0.15) is 0 Å². The molecule has 5 heteroatoms. The smallest absolute Gasteiger partial charge is 0.275 e. The highest BCUT2D eigenvalue weighted by molar-refractivity contribution is 6.30. The first-order chi connectivity index (χ1) is 9.06. The lowest BCUT2D eigenvalue weighted by molar-refractivity contribution is -0.385. The van der Waals surface area contributed by atoms with E-state index in [0.717, 1.165) is 12.5 Å². The van der Waals surface area contributed by atoms with E-state index < -0.39 is 0 Å². The summed E-state index contributed by atoms with van der Waals surface area (Å²) in [6, 6.07) is 4.84. The Labute approximate surface area is 118 Å². The van der Waals surface area contributed by atoms with Crippen molar-refractivity contribution in [2.45, 2.75) is 32.7 Å². The number of benzene rings is 1. The fourth-order valence-electron chi connectivity index (χ4n) is 2.78. The Hall–Kier alpha value is -1.13. The highest BCUT2D eigenvalue weighted by atomic mass is 35.5. The summed E-state index contributed by atoms with van der Waals surface area (Å²) >= 11 is 5.79. The Morgan fingerprint density at radius 2 is 2.26 bits per heavy atom. The van der Waals surface area contributed by atoms with Gasteiger partial charge >= 0.3 is 0 Å². The number of halogens is 1. The van der Waals surface area contributed by atoms with Gasteiger partial charge < -0.3 is 5.32 Å². The van der Waals surface area contributed by atoms with Gasteiger partial charge in [0.15, 0.2) is 0 Å². The minimum absolute atomic E-state index is 0.0970. The minimum Gasteiger partial charge on any atom is -0.312 e. The van der Waals surface area contributed by atoms with Crippen LogP contribution in [-0.4, -0.2) is 11.5 Å². The maximum atomic E-state index is 11.0. The van der Waals surface area contributed by atoms with E-state index in [4.69, 9.17) is 11.6 Å². The second-order valence-electron chi connectivity index (χ2n) is 5.45. The fourth-order valence-corrected chi connectivity index (χ4v) is 2.94. The summed E-state index contributed by atoms with van der Waals surface area (Å²) in [6.45, 7) is 3.74. The molecule has 2 rings (SSSR count). The quantitative estimate of drug-likeness (QED) is 0.660. The molecule has 0 heterocycles. The van der Waals surface area contributed by atoms with Crippen LogP contribution in [0.2, 0.25) is 5.02 Å². The summed E-state index contributed by atoms with van der Waals surface area (Å²) in [4.78, 5) is 10.6. The molecule has 1 N–H and O–H groups in total. The van der Waals surface area contributed by atoms with Gasteiger partial charge in [-0.15, -0.1) is 0 Å². The molecule has 2 atom stereocenters. The van der Waals surface area contributed by atoms with Crippen molar-refractivity contribution in [2.75, 3.05) is 6.54 Å². The molecular weight excluding hydrogens is 264 g/mol. The fraction of sp³-hybridized carbons (Fsp3) is 0.571. The van der Waals surface area contributed by atoms with Crippen LogP contribution in [0.25, 0.3) is 0 Å². The van der Waals surface area contributed by atoms with Crippen molar-refractivity contribution in [3.63, 3.8) is 0 Å². The van der Waals surface area contributed by atoms with E-state index in [9.17, 15) is 10.1 Å². The summed E-state index contributed by atoms with van der Waals surface area (Å²) in [7, 11) is 0. The van der Waals surface area contributed by atoms with Gasteiger partial charge in [0.2, 0.25) is 0 Å². The van der Waals surface area contributed by atoms with Gasteiger partial charge in [0.25, 0.3) is 5.69 Å². The number of hydrogen-bond donors (Lipinski definition) is 1. The second-order valence-corrected chi connectivity index (χ2v) is 5.88. The Morgan fingerprint density at radius 1 is 1.47 bits per heavy atom. The molecule has 4 nitrogen and oxygen atoms in total. The number of rotatable bonds is 5. The van der Waals surface area contributed by atoms with E-state index in [2.05, 4.69) is 12.2 Å². The normalized spacial score (nSPS) is 22.6. The summed E-state index contributed by atoms with van der Waals surface area (Å²) in [5.41, 5.74) is 0.792. The van der Waals surface area contributed by atoms with Crippen molar-refractivity contribution in [2.24, 2.45) is 11.8 Å². The first kappa shape index (κ1) is 14.3. The lowest BCUT2D eigenvalue weighted by Crippen LogP contribution is -2.21. The molecule has 0 saturated heterocycles. The van der Waals surface area contributed by atoms with Gasteiger partial charge in [-0.3, -0.25) is 10.1 Å². The SMILES string of the molecule is CC1CCC(CNCc2ccc(Cl)cc2[N+](=O)[O-])C1. The molecule has 0 radical (unpaired) electrons. The van der Waals surface area contributed by atoms with E-state index in [0.29, 0.717) is 23.0 Å². The molecule has 0 spiro atoms. The second kappa shape index (κ2) is 6.35. The predicted octanol–water partition coefficient (Wildman–Crippen LogP) is 3.77. The first-order valence-corrected chi connectivity index (χ1v) is 7.07. The zero-order valence-corrected chi connectivity index (χ0v) is 11.8. The Kier molecular flexibility index (Phi) is 4.77. The van der Waals surface area contributed by atoms with E-state index in [-0.39, 0.29) is 10.6 Å². The molecule has 0 aliphatic heterocycles. The van der Waals surface area contributed by atoms with Crippen LogP contribution in [0.3, 0.4) is 0 Å². The summed E-state index contributed by atoms with van der Waals surface area (Å²) < 4.78 is 0. The summed E-state index contributed by atoms with van der Waals surface area (Å²) in [6.07, 6.45) is 3.82. The van der Waals surface area contributed by atoms with Crippen LogP contribution < -0.4 is 5.32 Å². The van der Waals surface area contributed by atoms with Crippen molar-refractivity contribution in [3.8, 4) is 0 Å². The van der Waals surface area contributed by atoms with E-state index in [1.54, 1.807) is 12.1 Å². The molecule has 19 heavy (non-hydrogen) atoms. The van der Waals surface area contributed by atoms with Crippen LogP contribution in [0.5, 0.6) is 0 Å². The average Bonchev–Trinajstić information content (AvgIpc) is 2.77. The number of nitrogens with one attached hydrogen (secondary N) is 1. The van der Waals surface area contributed by atoms with Gasteiger partial charge in [-0.1, -0.05) is 24.9 Å². The minimum atomic E-state index is -0.374. The van der Waals surface area contributed by atoms with E-state index in [1.807, 2.05) is 0 Å². The third-order valence-electron chi connectivity index (χ3n) is 3.80. The first-order valence-electron chi connectivity index (χ1n) is 6.70. The van der Waals surface area contributed by atoms with Crippen molar-refractivity contribution in [3.05, 3.63) is 38.9 Å². The molecule has 1 aliphatic carbocycles. The topological polar surface area (TPSA) is 55.2 Å². The number of hydrogen-bond acceptors (Lipinski definition) is 3. The number of nitro groups is 1. The molecule has 1 saturated carbocycles. The highest BCUT2D eigenvalue weighted by Crippen LogP contribution is 2.30. The molecule has 0 aromatic heterocycles. The van der Waals surface area contributed by atoms with Crippen molar-refractivity contribution < 1.29 is 4.92 Å². The van der Waals surface area contributed by atoms with Crippen molar-refractivity contribution in [1.82, 2.24) is 5.32 Å². The van der Waals surface area contributed by atoms with Crippen molar-refractivity contribution in [1.29, 1.82) is 0 Å². The third-order valence-corrected chi connectivity index (χ3v) is 4.03. The van der Waals surface area contributed by atoms with Gasteiger partial charge in [0, 0.05) is 23.2 Å². The van der Waals surface area contributed by atoms with Crippen LogP contribution in [-0.2, 0) is 6.54 Å². The van der Waals surface area contributed by atoms with E-state index in [1.165, 1.54) is 25.3 Å². The highest BCUT2D eigenvalue weighted by Gasteiger charge is 2.21. The van der Waals surface area contributed by atoms with Gasteiger partial charge in [-0.2, -0.15) is 0 Å². The maximum absolute atomic E-state index is 11.0. The van der Waals surface area contributed by atoms with E-state index >= 15 is 0 Å². The van der Waals surface area contributed by atoms with Crippen LogP contribution in [0.1, 0.15) is 31.7 Å². The zero-order chi connectivity index (χ0) is 13.8. The Balaban J connectivity index is 1.90. The molecule has 0 bridgehead atoms. The molecule has 1 aromatic rings. The Bertz CT molecular complexity index is 465. The molecule has 104 valence electrons. The van der Waals surface area contributed by atoms with Crippen LogP contribution in [0, 0.1) is 22.0 Å². The molecule has 1 aromatic carbocycles. The van der Waals surface area contributed by atoms with Crippen molar-refractivity contribution >= 4 is 17.3 Å².